The summed E-state index contributed by atoms with van der Waals surface area (Å²) in [6, 6.07) is 45.0. The van der Waals surface area contributed by atoms with Crippen molar-refractivity contribution in [3.05, 3.63) is 384 Å². The van der Waals surface area contributed by atoms with Crippen LogP contribution in [0.3, 0.4) is 0 Å². The van der Waals surface area contributed by atoms with Gasteiger partial charge in [0, 0.05) is 125 Å². The summed E-state index contributed by atoms with van der Waals surface area (Å²) < 4.78 is 167. The van der Waals surface area contributed by atoms with Crippen LogP contribution in [0.1, 0.15) is 172 Å². The lowest BCUT2D eigenvalue weighted by Crippen LogP contribution is -2.26. The lowest BCUT2D eigenvalue weighted by molar-refractivity contribution is -0.139. The SMILES string of the molecule is Cc1ccc(C(=O)Cc2cc(C(F)(F)F)c(CC(=N)N)cn2)cc1C#Cc1cnc2cccnn12.Cc1ccc(C(=O)Cc2cc(C(F)(F)F)ccn2)cc1C#Cc1cnc2c(NC3=NCCN3)cccn12.Cc1ccc(C(=O)Cc2ccc(CN3CCCC3)c(C(F)(F)F)c2)cc1C#Cc1cnc2ccccn12.Cc1ccc(C(=O)Nc2cc(C(F)(F)F)ccn2)cc1C#Cc1cnc2c(N=C(N)N)cccn12. The average molecular weight is 1960 g/mol. The molecule has 11 aromatic heterocycles. The Morgan fingerprint density at radius 1 is 0.451 bits per heavy atom. The van der Waals surface area contributed by atoms with Gasteiger partial charge in [0.05, 0.1) is 78.0 Å². The van der Waals surface area contributed by atoms with Crippen molar-refractivity contribution in [2.24, 2.45) is 27.2 Å². The maximum absolute atomic E-state index is 13.8. The highest BCUT2D eigenvalue weighted by Gasteiger charge is 2.37. The Morgan fingerprint density at radius 2 is 0.958 bits per heavy atom. The summed E-state index contributed by atoms with van der Waals surface area (Å²) in [5.74, 6) is 22.9. The number of Topliss-reactive ketones (excluding diaryl/α,β-unsaturated/α-hetero) is 3. The molecule has 13 heterocycles. The monoisotopic (exact) mass is 1960 g/mol. The van der Waals surface area contributed by atoms with Crippen molar-refractivity contribution in [1.29, 1.82) is 5.41 Å². The molecule has 2 aliphatic heterocycles. The maximum atomic E-state index is 13.8. The van der Waals surface area contributed by atoms with Crippen LogP contribution in [-0.4, -0.2) is 130 Å². The number of hydrogen-bond acceptors (Lipinski definition) is 18. The van der Waals surface area contributed by atoms with E-state index in [2.05, 4.69) is 113 Å². The Hall–Kier alpha value is -17.9. The van der Waals surface area contributed by atoms with E-state index in [0.29, 0.717) is 96.7 Å². The van der Waals surface area contributed by atoms with Gasteiger partial charge in [0.2, 0.25) is 0 Å². The van der Waals surface area contributed by atoms with E-state index in [1.165, 1.54) is 6.07 Å². The molecule has 16 aromatic rings. The zero-order valence-electron chi connectivity index (χ0n) is 77.0. The molecular formula is C106H84F12N22O4. The van der Waals surface area contributed by atoms with Crippen molar-refractivity contribution in [3.63, 3.8) is 0 Å². The zero-order chi connectivity index (χ0) is 102. The van der Waals surface area contributed by atoms with Crippen molar-refractivity contribution in [2.45, 2.75) is 97.5 Å². The van der Waals surface area contributed by atoms with Gasteiger partial charge in [0.25, 0.3) is 5.91 Å². The fourth-order valence-corrected chi connectivity index (χ4v) is 15.3. The largest absolute Gasteiger partial charge is 0.416 e. The number of likely N-dealkylation sites (tertiary alicyclic amines) is 1. The van der Waals surface area contributed by atoms with Crippen LogP contribution in [0.5, 0.6) is 0 Å². The minimum atomic E-state index is -4.66. The van der Waals surface area contributed by atoms with Gasteiger partial charge in [0.1, 0.15) is 39.9 Å². The molecule has 0 spiro atoms. The van der Waals surface area contributed by atoms with Gasteiger partial charge < -0.3 is 33.2 Å². The third-order valence-corrected chi connectivity index (χ3v) is 22.7. The minimum absolute atomic E-state index is 0.0281. The van der Waals surface area contributed by atoms with Crippen LogP contribution in [0.15, 0.2) is 254 Å². The number of aryl methyl sites for hydroxylation is 4. The number of halogens is 12. The summed E-state index contributed by atoms with van der Waals surface area (Å²) in [5.41, 5.74) is 26.9. The van der Waals surface area contributed by atoms with Gasteiger partial charge in [-0.1, -0.05) is 84.3 Å². The smallest absolute Gasteiger partial charge is 0.387 e. The molecule has 0 radical (unpaired) electrons. The summed E-state index contributed by atoms with van der Waals surface area (Å²) in [5, 5.41) is 20.3. The van der Waals surface area contributed by atoms with E-state index in [4.69, 9.17) is 22.6 Å². The van der Waals surface area contributed by atoms with Gasteiger partial charge in [-0.2, -0.15) is 57.8 Å². The molecule has 1 saturated heterocycles. The number of carbonyl (C=O) groups is 4. The molecule has 26 nitrogen and oxygen atoms in total. The Labute approximate surface area is 814 Å². The predicted octanol–water partition coefficient (Wildman–Crippen LogP) is 17.7. The number of fused-ring (bicyclic) bond motifs is 4. The third-order valence-electron chi connectivity index (χ3n) is 22.7. The Kier molecular flexibility index (Phi) is 30.5. The van der Waals surface area contributed by atoms with Gasteiger partial charge in [0.15, 0.2) is 46.2 Å². The van der Waals surface area contributed by atoms with E-state index in [-0.39, 0.29) is 83.7 Å². The van der Waals surface area contributed by atoms with Crippen molar-refractivity contribution in [1.82, 2.24) is 67.9 Å². The van der Waals surface area contributed by atoms with Crippen LogP contribution in [-0.2, 0) is 56.9 Å². The highest BCUT2D eigenvalue weighted by molar-refractivity contribution is 6.04. The number of nitrogens with zero attached hydrogens (tertiary/aromatic N) is 15. The molecule has 0 saturated carbocycles. The quantitative estimate of drug-likeness (QED) is 0.0146. The molecule has 38 heteroatoms. The Bertz CT molecular complexity index is 8010. The molecule has 144 heavy (non-hydrogen) atoms. The number of carbonyl (C=O) groups excluding carboxylic acids is 4. The lowest BCUT2D eigenvalue weighted by atomic mass is 9.96. The first-order chi connectivity index (χ1) is 68.8. The lowest BCUT2D eigenvalue weighted by Gasteiger charge is -2.19. The Morgan fingerprint density at radius 3 is 1.54 bits per heavy atom. The molecule has 1 fully saturated rings. The molecule has 726 valence electrons. The minimum Gasteiger partial charge on any atom is -0.387 e. The van der Waals surface area contributed by atoms with Gasteiger partial charge in [-0.25, -0.2) is 34.4 Å². The standard InChI is InChI=1S/C30H26F3N3O.C27H21F3N6O.C25H19F3N6O.C24H18F3N7O/c1-21-7-9-24(18-23(21)11-12-26-19-34-29-6-2-3-15-36(26)29)28(37)17-22-8-10-25(20-35-13-4-5-14-35)27(16-22)30(31,32)33;1-17-4-5-19(24(37)15-21-14-20(8-9-31-21)27(28,29)30)13-18(17)6-7-22-16-34-25-23(3-2-12-36(22)25)35-26-32-10-11-33-26;1-15-4-5-17(9-16(15)6-7-20-14-32-24-3-2-8-33-34(20)24)22(35)12-19-11-21(25(26,27)28)18(13-31-19)10-23(29)30;1-14-4-5-16(22(35)33-20-12-17(8-9-30-20)24(25,26)27)11-15(14)6-7-18-13-31-21-19(32-23(28)29)3-2-10-34(18)21/h2-3,6-10,15-16,18-19H,4-5,13-14,17,20H2,1H3;2-5,8-9,12-14,16H,10-11,15H2,1H3,(H2,32,33,35);2-5,8-9,11,13-14H,10,12H2,1H3,(H3,29,30);2-5,8-13H,1H3,(H4,28,29,32)(H,30,33,35). The van der Waals surface area contributed by atoms with Crippen molar-refractivity contribution >= 4 is 80.8 Å². The summed E-state index contributed by atoms with van der Waals surface area (Å²) in [7, 11) is 0. The second-order valence-electron chi connectivity index (χ2n) is 33.2. The molecule has 18 rings (SSSR count). The number of nitrogens with one attached hydrogen (secondary N) is 4. The van der Waals surface area contributed by atoms with Gasteiger partial charge in [-0.15, -0.1) is 0 Å². The number of rotatable bonds is 17. The number of benzene rings is 5. The number of amides is 1. The highest BCUT2D eigenvalue weighted by Crippen LogP contribution is 2.37. The number of pyridine rings is 6. The van der Waals surface area contributed by atoms with Crippen molar-refractivity contribution < 1.29 is 71.9 Å². The number of imidazole rings is 4. The number of ketones is 3. The second kappa shape index (κ2) is 43.6. The fraction of sp³-hybridized carbons (Fsp3) is 0.179. The summed E-state index contributed by atoms with van der Waals surface area (Å²) in [6.45, 7) is 10.8. The normalized spacial score (nSPS) is 12.3. The van der Waals surface area contributed by atoms with E-state index < -0.39 is 64.5 Å². The topological polar surface area (TPSA) is 355 Å². The summed E-state index contributed by atoms with van der Waals surface area (Å²) in [6.07, 6.45) is -0.511. The zero-order valence-corrected chi connectivity index (χ0v) is 77.0. The molecule has 2 aliphatic rings. The first-order valence-electron chi connectivity index (χ1n) is 44.3. The number of amidine groups is 1. The van der Waals surface area contributed by atoms with Crippen LogP contribution >= 0.6 is 0 Å². The molecule has 5 aromatic carbocycles. The number of nitrogens with two attached hydrogens (primary N) is 3. The molecule has 0 bridgehead atoms. The number of alkyl halides is 12. The molecular weight excluding hydrogens is 1870 g/mol. The van der Waals surface area contributed by atoms with Gasteiger partial charge in [-0.05, 0) is 232 Å². The third kappa shape index (κ3) is 25.4. The number of aromatic nitrogens is 12. The molecule has 1 amide bonds. The highest BCUT2D eigenvalue weighted by atomic mass is 19.4. The first kappa shape index (κ1) is 101. The van der Waals surface area contributed by atoms with E-state index in [0.717, 1.165) is 127 Å². The number of hydrogen-bond donors (Lipinski definition) is 7. The number of aliphatic imine (C=N–C) groups is 2. The second-order valence-corrected chi connectivity index (χ2v) is 33.2. The van der Waals surface area contributed by atoms with Crippen LogP contribution in [0.4, 0.5) is 69.9 Å². The predicted molar refractivity (Wildman–Crippen MR) is 518 cm³/mol. The number of guanidine groups is 2. The first-order valence-corrected chi connectivity index (χ1v) is 44.3. The number of anilines is 2. The van der Waals surface area contributed by atoms with Crippen LogP contribution in [0, 0.1) is 80.5 Å². The fourth-order valence-electron chi connectivity index (χ4n) is 15.3. The summed E-state index contributed by atoms with van der Waals surface area (Å²) >= 11 is 0. The van der Waals surface area contributed by atoms with E-state index in [1.54, 1.807) is 143 Å². The molecule has 0 unspecified atom stereocenters. The van der Waals surface area contributed by atoms with Crippen molar-refractivity contribution in [3.8, 4) is 47.4 Å². The van der Waals surface area contributed by atoms with E-state index in [9.17, 15) is 71.9 Å². The molecule has 0 aliphatic carbocycles. The Balaban J connectivity index is 0.000000145. The van der Waals surface area contributed by atoms with Crippen LogP contribution in [0.2, 0.25) is 0 Å². The van der Waals surface area contributed by atoms with E-state index >= 15 is 0 Å². The summed E-state index contributed by atoms with van der Waals surface area (Å²) in [4.78, 5) is 90.9. The molecule has 10 N–H and O–H groups in total. The van der Waals surface area contributed by atoms with Gasteiger partial charge in [-0.3, -0.25) is 57.6 Å². The van der Waals surface area contributed by atoms with Gasteiger partial charge >= 0.3 is 24.7 Å². The average Bonchev–Trinajstić information content (AvgIpc) is 1.45. The maximum Gasteiger partial charge on any atom is 0.416 e. The van der Waals surface area contributed by atoms with E-state index in [1.807, 2.05) is 90.2 Å². The van der Waals surface area contributed by atoms with Crippen LogP contribution in [0.25, 0.3) is 22.6 Å². The molecule has 0 atom stereocenters. The van der Waals surface area contributed by atoms with Crippen molar-refractivity contribution in [2.75, 3.05) is 36.8 Å². The van der Waals surface area contributed by atoms with Crippen LogP contribution < -0.4 is 33.2 Å².